The van der Waals surface area contributed by atoms with Crippen LogP contribution in [0.5, 0.6) is 28.7 Å². The van der Waals surface area contributed by atoms with Crippen molar-refractivity contribution in [3.63, 3.8) is 0 Å². The highest BCUT2D eigenvalue weighted by atomic mass is 16.7. The zero-order chi connectivity index (χ0) is 27.6. The molecule has 0 aromatic heterocycles. The van der Waals surface area contributed by atoms with E-state index in [0.29, 0.717) is 36.7 Å². The molecule has 2 heterocycles. The third-order valence-electron chi connectivity index (χ3n) is 7.47. The maximum Gasteiger partial charge on any atom is 0.231 e. The van der Waals surface area contributed by atoms with Crippen LogP contribution >= 0.6 is 0 Å². The Bertz CT molecular complexity index is 1190. The summed E-state index contributed by atoms with van der Waals surface area (Å²) in [6, 6.07) is 21.0. The molecule has 3 aromatic carbocycles. The van der Waals surface area contributed by atoms with Crippen LogP contribution in [0.25, 0.3) is 0 Å². The minimum absolute atomic E-state index is 0.326. The monoisotopic (exact) mass is 547 g/mol. The predicted octanol–water partition coefficient (Wildman–Crippen LogP) is 4.75. The number of benzene rings is 3. The molecule has 0 unspecified atom stereocenters. The van der Waals surface area contributed by atoms with E-state index in [9.17, 15) is 0 Å². The molecule has 2 aliphatic rings. The fraction of sp³-hybridized carbons (Fsp3) is 0.438. The molecule has 0 saturated carbocycles. The van der Waals surface area contributed by atoms with Gasteiger partial charge in [0.05, 0.1) is 14.2 Å². The van der Waals surface area contributed by atoms with Gasteiger partial charge in [0, 0.05) is 19.1 Å². The van der Waals surface area contributed by atoms with E-state index >= 15 is 0 Å². The van der Waals surface area contributed by atoms with E-state index < -0.39 is 0 Å². The summed E-state index contributed by atoms with van der Waals surface area (Å²) in [5.41, 5.74) is 3.48. The summed E-state index contributed by atoms with van der Waals surface area (Å²) in [7, 11) is 3.32. The second kappa shape index (κ2) is 14.3. The number of piperidine rings is 1. The molecule has 0 aliphatic carbocycles. The minimum Gasteiger partial charge on any atom is -0.493 e. The summed E-state index contributed by atoms with van der Waals surface area (Å²) in [6.07, 6.45) is 3.43. The van der Waals surface area contributed by atoms with Gasteiger partial charge in [0.2, 0.25) is 12.5 Å². The first-order valence-electron chi connectivity index (χ1n) is 14.2. The van der Waals surface area contributed by atoms with Crippen molar-refractivity contribution in [1.82, 2.24) is 15.5 Å². The Labute approximate surface area is 237 Å². The van der Waals surface area contributed by atoms with Crippen LogP contribution in [0.15, 0.2) is 60.7 Å². The van der Waals surface area contributed by atoms with Gasteiger partial charge in [0.25, 0.3) is 0 Å². The van der Waals surface area contributed by atoms with E-state index in [4.69, 9.17) is 23.7 Å². The molecule has 8 heteroatoms. The number of ether oxygens (including phenoxy) is 5. The summed E-state index contributed by atoms with van der Waals surface area (Å²) in [6.45, 7) is 6.65. The highest BCUT2D eigenvalue weighted by molar-refractivity contribution is 5.54. The van der Waals surface area contributed by atoms with E-state index in [2.05, 4.69) is 27.7 Å². The van der Waals surface area contributed by atoms with Crippen molar-refractivity contribution in [1.29, 1.82) is 0 Å². The number of fused-ring (bicyclic) bond motifs is 1. The third kappa shape index (κ3) is 7.59. The molecule has 0 radical (unpaired) electrons. The van der Waals surface area contributed by atoms with E-state index in [1.807, 2.05) is 48.5 Å². The van der Waals surface area contributed by atoms with E-state index in [0.717, 1.165) is 68.3 Å². The number of methoxy groups -OCH3 is 2. The van der Waals surface area contributed by atoms with Gasteiger partial charge < -0.3 is 34.3 Å². The molecule has 1 fully saturated rings. The molecule has 0 spiro atoms. The maximum atomic E-state index is 6.07. The molecule has 2 aliphatic heterocycles. The Hall–Kier alpha value is -3.46. The SMILES string of the molecule is COc1cc(CNCCCNC2CCN(Cc3ccc4c(c3)OCO4)CC2)cc(OC)c1OCc1ccccc1. The highest BCUT2D eigenvalue weighted by Crippen LogP contribution is 2.39. The fourth-order valence-electron chi connectivity index (χ4n) is 5.25. The van der Waals surface area contributed by atoms with Crippen molar-refractivity contribution < 1.29 is 23.7 Å². The maximum absolute atomic E-state index is 6.07. The Balaban J connectivity index is 0.989. The van der Waals surface area contributed by atoms with Crippen LogP contribution in [0, 0.1) is 0 Å². The van der Waals surface area contributed by atoms with Crippen molar-refractivity contribution >= 4 is 0 Å². The molecule has 2 N–H and O–H groups in total. The molecule has 0 amide bonds. The van der Waals surface area contributed by atoms with Gasteiger partial charge in [-0.3, -0.25) is 4.90 Å². The lowest BCUT2D eigenvalue weighted by atomic mass is 10.0. The third-order valence-corrected chi connectivity index (χ3v) is 7.47. The van der Waals surface area contributed by atoms with Crippen molar-refractivity contribution in [3.05, 3.63) is 77.4 Å². The quantitative estimate of drug-likeness (QED) is 0.280. The Morgan fingerprint density at radius 2 is 1.57 bits per heavy atom. The Morgan fingerprint density at radius 1 is 0.825 bits per heavy atom. The number of hydrogen-bond acceptors (Lipinski definition) is 8. The van der Waals surface area contributed by atoms with Crippen LogP contribution in [-0.4, -0.2) is 58.1 Å². The van der Waals surface area contributed by atoms with Crippen molar-refractivity contribution in [3.8, 4) is 28.7 Å². The van der Waals surface area contributed by atoms with Crippen LogP contribution in [0.2, 0.25) is 0 Å². The summed E-state index contributed by atoms with van der Waals surface area (Å²) in [5, 5.41) is 7.30. The second-order valence-corrected chi connectivity index (χ2v) is 10.3. The molecule has 8 nitrogen and oxygen atoms in total. The minimum atomic E-state index is 0.326. The van der Waals surface area contributed by atoms with Gasteiger partial charge in [-0.15, -0.1) is 0 Å². The molecule has 0 bridgehead atoms. The zero-order valence-electron chi connectivity index (χ0n) is 23.6. The number of nitrogens with zero attached hydrogens (tertiary/aromatic N) is 1. The average molecular weight is 548 g/mol. The number of nitrogens with one attached hydrogen (secondary N) is 2. The lowest BCUT2D eigenvalue weighted by Crippen LogP contribution is -2.42. The molecular formula is C32H41N3O5. The summed E-state index contributed by atoms with van der Waals surface area (Å²) >= 11 is 0. The number of hydrogen-bond donors (Lipinski definition) is 2. The molecule has 3 aromatic rings. The molecular weight excluding hydrogens is 506 g/mol. The van der Waals surface area contributed by atoms with Crippen molar-refractivity contribution in [2.75, 3.05) is 47.2 Å². The largest absolute Gasteiger partial charge is 0.493 e. The Morgan fingerprint density at radius 3 is 2.33 bits per heavy atom. The molecule has 214 valence electrons. The van der Waals surface area contributed by atoms with Gasteiger partial charge >= 0.3 is 0 Å². The van der Waals surface area contributed by atoms with Crippen LogP contribution in [0.3, 0.4) is 0 Å². The highest BCUT2D eigenvalue weighted by Gasteiger charge is 2.20. The van der Waals surface area contributed by atoms with Gasteiger partial charge in [0.1, 0.15) is 6.61 Å². The van der Waals surface area contributed by atoms with E-state index in [1.54, 1.807) is 14.2 Å². The lowest BCUT2D eigenvalue weighted by Gasteiger charge is -2.32. The first kappa shape index (κ1) is 28.1. The molecule has 1 saturated heterocycles. The van der Waals surface area contributed by atoms with Gasteiger partial charge in [-0.05, 0) is 86.4 Å². The fourth-order valence-corrected chi connectivity index (χ4v) is 5.25. The first-order chi connectivity index (χ1) is 19.7. The zero-order valence-corrected chi connectivity index (χ0v) is 23.6. The predicted molar refractivity (Wildman–Crippen MR) is 156 cm³/mol. The van der Waals surface area contributed by atoms with Crippen LogP contribution in [0.4, 0.5) is 0 Å². The lowest BCUT2D eigenvalue weighted by molar-refractivity contribution is 0.173. The van der Waals surface area contributed by atoms with Gasteiger partial charge in [-0.1, -0.05) is 36.4 Å². The number of likely N-dealkylation sites (tertiary alicyclic amines) is 1. The van der Waals surface area contributed by atoms with E-state index in [-0.39, 0.29) is 0 Å². The van der Waals surface area contributed by atoms with E-state index in [1.165, 1.54) is 18.4 Å². The normalized spacial score (nSPS) is 15.2. The summed E-state index contributed by atoms with van der Waals surface area (Å²) in [4.78, 5) is 2.53. The average Bonchev–Trinajstić information content (AvgIpc) is 3.47. The van der Waals surface area contributed by atoms with Gasteiger partial charge in [-0.2, -0.15) is 0 Å². The first-order valence-corrected chi connectivity index (χ1v) is 14.2. The standard InChI is InChI=1S/C32H41N3O5/c1-36-30-18-26(19-31(37-2)32(30)38-22-24-7-4-3-5-8-24)20-33-13-6-14-34-27-11-15-35(16-12-27)21-25-9-10-28-29(17-25)40-23-39-28/h3-5,7-10,17-19,27,33-34H,6,11-16,20-23H2,1-2H3. The summed E-state index contributed by atoms with van der Waals surface area (Å²) < 4.78 is 28.3. The molecule has 0 atom stereocenters. The van der Waals surface area contributed by atoms with Crippen LogP contribution in [0.1, 0.15) is 36.0 Å². The molecule has 5 rings (SSSR count). The second-order valence-electron chi connectivity index (χ2n) is 10.3. The smallest absolute Gasteiger partial charge is 0.231 e. The van der Waals surface area contributed by atoms with Gasteiger partial charge in [0.15, 0.2) is 23.0 Å². The summed E-state index contributed by atoms with van der Waals surface area (Å²) in [5.74, 6) is 3.70. The Kier molecular flexibility index (Phi) is 10.0. The van der Waals surface area contributed by atoms with Crippen LogP contribution in [-0.2, 0) is 19.7 Å². The molecule has 40 heavy (non-hydrogen) atoms. The van der Waals surface area contributed by atoms with Gasteiger partial charge in [-0.25, -0.2) is 0 Å². The van der Waals surface area contributed by atoms with Crippen LogP contribution < -0.4 is 34.3 Å². The topological polar surface area (TPSA) is 73.5 Å². The number of rotatable bonds is 14. The van der Waals surface area contributed by atoms with Crippen molar-refractivity contribution in [2.45, 2.75) is 45.0 Å². The van der Waals surface area contributed by atoms with Crippen molar-refractivity contribution in [2.24, 2.45) is 0 Å².